The highest BCUT2D eigenvalue weighted by molar-refractivity contribution is 4.96. The maximum atomic E-state index is 10.1. The summed E-state index contributed by atoms with van der Waals surface area (Å²) in [5.74, 6) is 0. The second-order valence-electron chi connectivity index (χ2n) is 6.96. The van der Waals surface area contributed by atoms with Gasteiger partial charge >= 0.3 is 0 Å². The van der Waals surface area contributed by atoms with Crippen molar-refractivity contribution in [2.45, 2.75) is 68.0 Å². The van der Waals surface area contributed by atoms with E-state index in [1.165, 1.54) is 6.20 Å². The van der Waals surface area contributed by atoms with Crippen molar-refractivity contribution in [2.24, 2.45) is 0 Å². The minimum Gasteiger partial charge on any atom is -0.394 e. The molecular formula is C15H25N3O11. The molecule has 166 valence electrons. The van der Waals surface area contributed by atoms with Crippen LogP contribution < -0.4 is 0 Å². The van der Waals surface area contributed by atoms with E-state index in [1.54, 1.807) is 0 Å². The zero-order valence-corrected chi connectivity index (χ0v) is 15.1. The number of aliphatic hydroxyl groups excluding tert-OH is 8. The normalized spacial score (nSPS) is 43.4. The molecule has 3 heterocycles. The van der Waals surface area contributed by atoms with Gasteiger partial charge in [-0.05, 0) is 0 Å². The van der Waals surface area contributed by atoms with Crippen LogP contribution in [0.25, 0.3) is 0 Å². The molecule has 2 aliphatic rings. The molecule has 0 bridgehead atoms. The van der Waals surface area contributed by atoms with Gasteiger partial charge in [-0.1, -0.05) is 5.21 Å². The molecule has 0 aliphatic carbocycles. The van der Waals surface area contributed by atoms with E-state index in [0.29, 0.717) is 0 Å². The molecule has 2 fully saturated rings. The molecule has 14 nitrogen and oxygen atoms in total. The molecule has 1 aromatic heterocycles. The maximum absolute atomic E-state index is 10.1. The van der Waals surface area contributed by atoms with Crippen molar-refractivity contribution in [3.63, 3.8) is 0 Å². The summed E-state index contributed by atoms with van der Waals surface area (Å²) in [5.41, 5.74) is 0.272. The molecule has 10 atom stereocenters. The smallest absolute Gasteiger partial charge is 0.184 e. The number of hydrogen-bond donors (Lipinski definition) is 8. The van der Waals surface area contributed by atoms with Crippen LogP contribution in [-0.2, 0) is 20.8 Å². The third-order valence-corrected chi connectivity index (χ3v) is 4.90. The van der Waals surface area contributed by atoms with Gasteiger partial charge in [-0.25, -0.2) is 4.68 Å². The molecule has 1 unspecified atom stereocenters. The van der Waals surface area contributed by atoms with Gasteiger partial charge in [0.25, 0.3) is 0 Å². The summed E-state index contributed by atoms with van der Waals surface area (Å²) in [6, 6.07) is 0. The van der Waals surface area contributed by atoms with Gasteiger partial charge in [-0.3, -0.25) is 0 Å². The lowest BCUT2D eigenvalue weighted by molar-refractivity contribution is -0.289. The van der Waals surface area contributed by atoms with E-state index in [0.717, 1.165) is 4.68 Å². The Morgan fingerprint density at radius 3 is 2.21 bits per heavy atom. The second-order valence-corrected chi connectivity index (χ2v) is 6.96. The van der Waals surface area contributed by atoms with E-state index in [4.69, 9.17) is 14.2 Å². The van der Waals surface area contributed by atoms with Crippen LogP contribution >= 0.6 is 0 Å². The predicted molar refractivity (Wildman–Crippen MR) is 87.6 cm³/mol. The number of ether oxygens (including phenoxy) is 3. The Labute approximate surface area is 164 Å². The molecule has 0 aromatic carbocycles. The van der Waals surface area contributed by atoms with Gasteiger partial charge in [0.2, 0.25) is 0 Å². The molecule has 8 N–H and O–H groups in total. The van der Waals surface area contributed by atoms with E-state index >= 15 is 0 Å². The average molecular weight is 423 g/mol. The van der Waals surface area contributed by atoms with Crippen LogP contribution in [0.1, 0.15) is 11.9 Å². The summed E-state index contributed by atoms with van der Waals surface area (Å²) in [4.78, 5) is 0. The minimum absolute atomic E-state index is 0.126. The summed E-state index contributed by atoms with van der Waals surface area (Å²) in [6.07, 6.45) is -13.0. The Hall–Kier alpha value is -1.30. The number of aromatic nitrogens is 3. The zero-order chi connectivity index (χ0) is 21.3. The molecule has 0 amide bonds. The van der Waals surface area contributed by atoms with Crippen molar-refractivity contribution < 1.29 is 55.1 Å². The number of nitrogens with zero attached hydrogens (tertiary/aromatic N) is 3. The van der Waals surface area contributed by atoms with E-state index in [1.807, 2.05) is 0 Å². The quantitative estimate of drug-likeness (QED) is 0.214. The van der Waals surface area contributed by atoms with Crippen molar-refractivity contribution in [1.29, 1.82) is 0 Å². The summed E-state index contributed by atoms with van der Waals surface area (Å²) >= 11 is 0. The average Bonchev–Trinajstić information content (AvgIpc) is 3.17. The van der Waals surface area contributed by atoms with Crippen LogP contribution in [0.5, 0.6) is 0 Å². The van der Waals surface area contributed by atoms with Crippen molar-refractivity contribution in [3.05, 3.63) is 11.9 Å². The Morgan fingerprint density at radius 2 is 1.52 bits per heavy atom. The molecule has 29 heavy (non-hydrogen) atoms. The SMILES string of the molecule is OC[C@H]1O[C@@H](n2cc(COC[C@H]3OC(O)[C@H](O)[C@@H](O)[C@H]3O)nn2)[C@H](O)[C@@H](O)[C@@H]1O. The van der Waals surface area contributed by atoms with Gasteiger partial charge in [0.05, 0.1) is 26.0 Å². The Morgan fingerprint density at radius 1 is 0.862 bits per heavy atom. The Kier molecular flexibility index (Phi) is 7.13. The van der Waals surface area contributed by atoms with Crippen LogP contribution in [0.4, 0.5) is 0 Å². The molecule has 3 rings (SSSR count). The first-order valence-corrected chi connectivity index (χ1v) is 8.91. The van der Waals surface area contributed by atoms with Gasteiger partial charge < -0.3 is 55.1 Å². The number of aliphatic hydroxyl groups is 8. The fraction of sp³-hybridized carbons (Fsp3) is 0.867. The highest BCUT2D eigenvalue weighted by atomic mass is 16.6. The Balaban J connectivity index is 1.55. The molecule has 0 radical (unpaired) electrons. The highest BCUT2D eigenvalue weighted by Gasteiger charge is 2.45. The Bertz CT molecular complexity index is 661. The molecule has 14 heteroatoms. The topological polar surface area (TPSA) is 220 Å². The van der Waals surface area contributed by atoms with Gasteiger partial charge in [0, 0.05) is 0 Å². The summed E-state index contributed by atoms with van der Waals surface area (Å²) in [6.45, 7) is -0.949. The molecule has 0 saturated carbocycles. The van der Waals surface area contributed by atoms with Gasteiger partial charge in [-0.15, -0.1) is 5.10 Å². The largest absolute Gasteiger partial charge is 0.394 e. The third kappa shape index (κ3) is 4.57. The molecule has 1 aromatic rings. The predicted octanol–water partition coefficient (Wildman–Crippen LogP) is -5.43. The van der Waals surface area contributed by atoms with Crippen LogP contribution in [0, 0.1) is 0 Å². The summed E-state index contributed by atoms with van der Waals surface area (Å²) < 4.78 is 16.8. The van der Waals surface area contributed by atoms with Crippen LogP contribution in [-0.4, -0.2) is 124 Å². The van der Waals surface area contributed by atoms with Crippen LogP contribution in [0.15, 0.2) is 6.20 Å². The summed E-state index contributed by atoms with van der Waals surface area (Å²) in [5, 5.41) is 84.9. The fourth-order valence-corrected chi connectivity index (χ4v) is 3.15. The van der Waals surface area contributed by atoms with Crippen molar-refractivity contribution >= 4 is 0 Å². The van der Waals surface area contributed by atoms with E-state index < -0.39 is 68.0 Å². The van der Waals surface area contributed by atoms with Gasteiger partial charge in [0.15, 0.2) is 12.5 Å². The molecule has 2 aliphatic heterocycles. The lowest BCUT2D eigenvalue weighted by Gasteiger charge is -2.39. The lowest BCUT2D eigenvalue weighted by Crippen LogP contribution is -2.58. The first-order valence-electron chi connectivity index (χ1n) is 8.91. The van der Waals surface area contributed by atoms with Crippen molar-refractivity contribution in [2.75, 3.05) is 13.2 Å². The van der Waals surface area contributed by atoms with Crippen molar-refractivity contribution in [3.8, 4) is 0 Å². The van der Waals surface area contributed by atoms with Gasteiger partial charge in [0.1, 0.15) is 54.5 Å². The number of rotatable bonds is 6. The van der Waals surface area contributed by atoms with Crippen LogP contribution in [0.2, 0.25) is 0 Å². The zero-order valence-electron chi connectivity index (χ0n) is 15.1. The van der Waals surface area contributed by atoms with Crippen LogP contribution in [0.3, 0.4) is 0 Å². The van der Waals surface area contributed by atoms with E-state index in [9.17, 15) is 40.9 Å². The first-order chi connectivity index (χ1) is 13.7. The van der Waals surface area contributed by atoms with Gasteiger partial charge in [-0.2, -0.15) is 0 Å². The minimum atomic E-state index is -1.67. The van der Waals surface area contributed by atoms with E-state index in [-0.39, 0.29) is 18.9 Å². The second kappa shape index (κ2) is 9.23. The lowest BCUT2D eigenvalue weighted by atomic mass is 9.98. The standard InChI is InChI=1S/C15H25N3O11/c19-2-6-8(20)10(22)12(24)14(28-6)18-1-5(16-17-18)3-27-4-7-9(21)11(23)13(25)15(26)29-7/h1,6-15,19-26H,2-4H2/t6-,7-,8-,9+,10+,11+,12-,13-,14-,15?/m1/s1. The molecule has 2 saturated heterocycles. The van der Waals surface area contributed by atoms with Crippen molar-refractivity contribution in [1.82, 2.24) is 15.0 Å². The third-order valence-electron chi connectivity index (χ3n) is 4.90. The highest BCUT2D eigenvalue weighted by Crippen LogP contribution is 2.28. The maximum Gasteiger partial charge on any atom is 0.184 e. The fourth-order valence-electron chi connectivity index (χ4n) is 3.15. The molecule has 0 spiro atoms. The first kappa shape index (κ1) is 22.4. The van der Waals surface area contributed by atoms with E-state index in [2.05, 4.69) is 10.3 Å². The number of hydrogen-bond acceptors (Lipinski definition) is 13. The molecular weight excluding hydrogens is 398 g/mol. The monoisotopic (exact) mass is 423 g/mol. The summed E-state index contributed by atoms with van der Waals surface area (Å²) in [7, 11) is 0.